The Morgan fingerprint density at radius 2 is 1.86 bits per heavy atom. The summed E-state index contributed by atoms with van der Waals surface area (Å²) in [6.07, 6.45) is 4.96. The predicted molar refractivity (Wildman–Crippen MR) is 82.3 cm³/mol. The van der Waals surface area contributed by atoms with Crippen LogP contribution in [0.1, 0.15) is 50.5 Å². The molecule has 1 aliphatic carbocycles. The normalized spacial score (nSPS) is 21.9. The van der Waals surface area contributed by atoms with Gasteiger partial charge in [-0.1, -0.05) is 6.92 Å². The fourth-order valence-electron chi connectivity index (χ4n) is 2.82. The first-order chi connectivity index (χ1) is 10.2. The highest BCUT2D eigenvalue weighted by atomic mass is 32.1. The summed E-state index contributed by atoms with van der Waals surface area (Å²) in [6.45, 7) is 2.87. The maximum absolute atomic E-state index is 13.9. The second-order valence-corrected chi connectivity index (χ2v) is 5.56. The Balaban J connectivity index is 2.05. The Kier molecular flexibility index (Phi) is 5.97. The number of aliphatic imine (C=N–C) groups is 1. The quantitative estimate of drug-likeness (QED) is 0.554. The standard InChI is InChI=1S/C16H19F2NOS/c1-2-7-20-13-5-3-11(4-6-13)12-8-14(17)16(19-10-21)15(18)9-12/h8-9,11,13H,2-7H2,1H3. The first-order valence-electron chi connectivity index (χ1n) is 7.34. The molecule has 0 bridgehead atoms. The number of hydrogen-bond acceptors (Lipinski definition) is 3. The summed E-state index contributed by atoms with van der Waals surface area (Å²) in [5.74, 6) is -1.17. The molecule has 0 atom stereocenters. The van der Waals surface area contributed by atoms with Gasteiger partial charge in [-0.15, -0.1) is 0 Å². The third-order valence-corrected chi connectivity index (χ3v) is 3.99. The third-order valence-electron chi connectivity index (χ3n) is 3.90. The van der Waals surface area contributed by atoms with Gasteiger partial charge in [0.15, 0.2) is 11.6 Å². The second-order valence-electron chi connectivity index (χ2n) is 5.38. The number of benzene rings is 1. The van der Waals surface area contributed by atoms with Crippen molar-refractivity contribution in [2.45, 2.75) is 51.0 Å². The molecule has 21 heavy (non-hydrogen) atoms. The molecule has 0 unspecified atom stereocenters. The summed E-state index contributed by atoms with van der Waals surface area (Å²) in [5, 5.41) is 2.00. The van der Waals surface area contributed by atoms with Crippen LogP contribution in [0.4, 0.5) is 14.5 Å². The van der Waals surface area contributed by atoms with Crippen LogP contribution in [0.25, 0.3) is 0 Å². The molecule has 2 rings (SSSR count). The Morgan fingerprint density at radius 1 is 1.24 bits per heavy atom. The van der Waals surface area contributed by atoms with Gasteiger partial charge in [0.25, 0.3) is 0 Å². The molecule has 0 saturated heterocycles. The van der Waals surface area contributed by atoms with E-state index in [0.29, 0.717) is 5.56 Å². The van der Waals surface area contributed by atoms with Gasteiger partial charge in [0.05, 0.1) is 11.3 Å². The van der Waals surface area contributed by atoms with Crippen LogP contribution in [0.2, 0.25) is 0 Å². The van der Waals surface area contributed by atoms with Gasteiger partial charge in [-0.3, -0.25) is 0 Å². The van der Waals surface area contributed by atoms with E-state index in [0.717, 1.165) is 38.7 Å². The Hall–Kier alpha value is -1.16. The fourth-order valence-corrected chi connectivity index (χ4v) is 2.91. The second kappa shape index (κ2) is 7.74. The van der Waals surface area contributed by atoms with Crippen molar-refractivity contribution >= 4 is 23.1 Å². The number of hydrogen-bond donors (Lipinski definition) is 0. The van der Waals surface area contributed by atoms with E-state index in [-0.39, 0.29) is 17.7 Å². The first kappa shape index (κ1) is 16.2. The van der Waals surface area contributed by atoms with Crippen molar-refractivity contribution in [3.05, 3.63) is 29.3 Å². The molecule has 0 spiro atoms. The molecule has 1 aromatic rings. The Labute approximate surface area is 129 Å². The van der Waals surface area contributed by atoms with Gasteiger partial charge >= 0.3 is 0 Å². The Morgan fingerprint density at radius 3 is 2.38 bits per heavy atom. The summed E-state index contributed by atoms with van der Waals surface area (Å²) in [7, 11) is 0. The monoisotopic (exact) mass is 311 g/mol. The van der Waals surface area contributed by atoms with E-state index in [1.54, 1.807) is 0 Å². The van der Waals surface area contributed by atoms with Crippen molar-refractivity contribution in [3.63, 3.8) is 0 Å². The van der Waals surface area contributed by atoms with Gasteiger partial charge in [-0.05, 0) is 67.9 Å². The molecule has 114 valence electrons. The minimum absolute atomic E-state index is 0.181. The van der Waals surface area contributed by atoms with E-state index in [9.17, 15) is 8.78 Å². The number of nitrogens with zero attached hydrogens (tertiary/aromatic N) is 1. The topological polar surface area (TPSA) is 21.6 Å². The van der Waals surface area contributed by atoms with Crippen molar-refractivity contribution < 1.29 is 13.5 Å². The molecular weight excluding hydrogens is 292 g/mol. The van der Waals surface area contributed by atoms with E-state index < -0.39 is 11.6 Å². The number of isothiocyanates is 1. The van der Waals surface area contributed by atoms with Gasteiger partial charge < -0.3 is 4.74 Å². The first-order valence-corrected chi connectivity index (χ1v) is 7.75. The number of thiocarbonyl (C=S) groups is 1. The maximum Gasteiger partial charge on any atom is 0.152 e. The number of ether oxygens (including phenoxy) is 1. The van der Waals surface area contributed by atoms with Crippen molar-refractivity contribution in [3.8, 4) is 0 Å². The minimum Gasteiger partial charge on any atom is -0.378 e. The van der Waals surface area contributed by atoms with Gasteiger partial charge in [-0.2, -0.15) is 4.99 Å². The molecule has 0 amide bonds. The zero-order chi connectivity index (χ0) is 15.2. The zero-order valence-electron chi connectivity index (χ0n) is 12.1. The highest BCUT2D eigenvalue weighted by molar-refractivity contribution is 7.78. The molecule has 0 aromatic heterocycles. The van der Waals surface area contributed by atoms with Crippen molar-refractivity contribution in [2.24, 2.45) is 4.99 Å². The molecule has 1 saturated carbocycles. The SMILES string of the molecule is CCCOC1CCC(c2cc(F)c(N=C=S)c(F)c2)CC1. The zero-order valence-corrected chi connectivity index (χ0v) is 12.9. The average Bonchev–Trinajstić information content (AvgIpc) is 2.49. The molecule has 1 aliphatic rings. The number of rotatable bonds is 5. The molecule has 0 heterocycles. The molecule has 0 radical (unpaired) electrons. The van der Waals surface area contributed by atoms with Crippen LogP contribution >= 0.6 is 12.2 Å². The van der Waals surface area contributed by atoms with E-state index in [4.69, 9.17) is 4.74 Å². The van der Waals surface area contributed by atoms with Crippen LogP contribution in [0.3, 0.4) is 0 Å². The average molecular weight is 311 g/mol. The molecule has 5 heteroatoms. The van der Waals surface area contributed by atoms with Gasteiger partial charge in [-0.25, -0.2) is 8.78 Å². The van der Waals surface area contributed by atoms with Gasteiger partial charge in [0.1, 0.15) is 5.69 Å². The molecule has 2 nitrogen and oxygen atoms in total. The lowest BCUT2D eigenvalue weighted by Crippen LogP contribution is -2.21. The van der Waals surface area contributed by atoms with E-state index >= 15 is 0 Å². The lowest BCUT2D eigenvalue weighted by molar-refractivity contribution is 0.0251. The van der Waals surface area contributed by atoms with Crippen LogP contribution < -0.4 is 0 Å². The van der Waals surface area contributed by atoms with Gasteiger partial charge in [0.2, 0.25) is 0 Å². The van der Waals surface area contributed by atoms with Crippen molar-refractivity contribution in [2.75, 3.05) is 6.61 Å². The summed E-state index contributed by atoms with van der Waals surface area (Å²) >= 11 is 4.40. The molecule has 0 N–H and O–H groups in total. The number of halogens is 2. The van der Waals surface area contributed by atoms with Crippen LogP contribution in [0.5, 0.6) is 0 Å². The van der Waals surface area contributed by atoms with Crippen LogP contribution in [0, 0.1) is 11.6 Å². The van der Waals surface area contributed by atoms with E-state index in [1.165, 1.54) is 12.1 Å². The molecule has 1 aromatic carbocycles. The van der Waals surface area contributed by atoms with E-state index in [2.05, 4.69) is 24.1 Å². The summed E-state index contributed by atoms with van der Waals surface area (Å²) in [6, 6.07) is 2.74. The van der Waals surface area contributed by atoms with Crippen LogP contribution in [0.15, 0.2) is 17.1 Å². The summed E-state index contributed by atoms with van der Waals surface area (Å²) in [4.78, 5) is 3.43. The third kappa shape index (κ3) is 4.16. The van der Waals surface area contributed by atoms with Crippen LogP contribution in [-0.2, 0) is 4.74 Å². The van der Waals surface area contributed by atoms with Crippen LogP contribution in [-0.4, -0.2) is 17.9 Å². The molecular formula is C16H19F2NOS. The predicted octanol–water partition coefficient (Wildman–Crippen LogP) is 5.15. The molecule has 0 aliphatic heterocycles. The minimum atomic E-state index is -0.674. The highest BCUT2D eigenvalue weighted by Gasteiger charge is 2.24. The largest absolute Gasteiger partial charge is 0.378 e. The summed E-state index contributed by atoms with van der Waals surface area (Å²) < 4.78 is 33.4. The fraction of sp³-hybridized carbons (Fsp3) is 0.562. The lowest BCUT2D eigenvalue weighted by atomic mass is 9.82. The molecule has 1 fully saturated rings. The maximum atomic E-state index is 13.9. The highest BCUT2D eigenvalue weighted by Crippen LogP contribution is 2.36. The van der Waals surface area contributed by atoms with E-state index in [1.807, 2.05) is 5.16 Å². The van der Waals surface area contributed by atoms with Gasteiger partial charge in [0, 0.05) is 6.61 Å². The summed E-state index contributed by atoms with van der Waals surface area (Å²) in [5.41, 5.74) is 0.343. The van der Waals surface area contributed by atoms with Crippen molar-refractivity contribution in [1.29, 1.82) is 0 Å². The Bertz CT molecular complexity index is 512. The smallest absolute Gasteiger partial charge is 0.152 e. The van der Waals surface area contributed by atoms with Crippen molar-refractivity contribution in [1.82, 2.24) is 0 Å². The lowest BCUT2D eigenvalue weighted by Gasteiger charge is -2.29.